The first-order chi connectivity index (χ1) is 8.51. The molecule has 3 N–H and O–H groups in total. The van der Waals surface area contributed by atoms with E-state index in [0.29, 0.717) is 0 Å². The van der Waals surface area contributed by atoms with E-state index in [1.54, 1.807) is 7.11 Å². The first-order valence-corrected chi connectivity index (χ1v) is 6.02. The third-order valence-electron chi connectivity index (χ3n) is 3.58. The summed E-state index contributed by atoms with van der Waals surface area (Å²) in [4.78, 5) is 24.1. The Hall–Kier alpha value is -1.34. The number of carbonyl (C=O) groups excluding carboxylic acids is 1. The molecule has 0 spiro atoms. The molecule has 18 heavy (non-hydrogen) atoms. The van der Waals surface area contributed by atoms with Crippen molar-refractivity contribution in [2.45, 2.75) is 43.6 Å². The number of methoxy groups -OCH3 is 1. The van der Waals surface area contributed by atoms with Gasteiger partial charge in [0, 0.05) is 26.1 Å². The van der Waals surface area contributed by atoms with Crippen LogP contribution >= 0.6 is 0 Å². The van der Waals surface area contributed by atoms with Crippen molar-refractivity contribution in [2.75, 3.05) is 13.7 Å². The van der Waals surface area contributed by atoms with Crippen LogP contribution in [0.4, 0.5) is 4.79 Å². The molecule has 0 radical (unpaired) electrons. The van der Waals surface area contributed by atoms with E-state index < -0.39 is 24.1 Å². The highest BCUT2D eigenvalue weighted by molar-refractivity contribution is 5.83. The summed E-state index contributed by atoms with van der Waals surface area (Å²) >= 11 is 0. The number of ether oxygens (including phenoxy) is 1. The zero-order valence-corrected chi connectivity index (χ0v) is 10.2. The van der Waals surface area contributed by atoms with E-state index in [-0.39, 0.29) is 25.1 Å². The summed E-state index contributed by atoms with van der Waals surface area (Å²) in [5, 5.41) is 21.2. The lowest BCUT2D eigenvalue weighted by molar-refractivity contribution is -0.141. The molecule has 1 aliphatic carbocycles. The van der Waals surface area contributed by atoms with Gasteiger partial charge in [-0.3, -0.25) is 0 Å². The molecule has 0 aromatic heterocycles. The summed E-state index contributed by atoms with van der Waals surface area (Å²) in [7, 11) is 1.62. The number of aliphatic hydroxyl groups is 1. The van der Waals surface area contributed by atoms with Crippen LogP contribution in [-0.4, -0.2) is 65.1 Å². The average molecular weight is 258 g/mol. The quantitative estimate of drug-likeness (QED) is 0.627. The average Bonchev–Trinajstić information content (AvgIpc) is 2.65. The van der Waals surface area contributed by atoms with E-state index in [1.165, 1.54) is 4.90 Å². The van der Waals surface area contributed by atoms with E-state index in [2.05, 4.69) is 5.32 Å². The van der Waals surface area contributed by atoms with Gasteiger partial charge in [0.05, 0.1) is 12.2 Å². The van der Waals surface area contributed by atoms with Crippen molar-refractivity contribution in [1.29, 1.82) is 0 Å². The van der Waals surface area contributed by atoms with E-state index >= 15 is 0 Å². The second kappa shape index (κ2) is 5.11. The highest BCUT2D eigenvalue weighted by atomic mass is 16.5. The van der Waals surface area contributed by atoms with Gasteiger partial charge in [-0.05, 0) is 12.8 Å². The van der Waals surface area contributed by atoms with Gasteiger partial charge < -0.3 is 25.2 Å². The van der Waals surface area contributed by atoms with E-state index in [0.717, 1.165) is 12.8 Å². The highest BCUT2D eigenvalue weighted by Gasteiger charge is 2.40. The molecule has 2 rings (SSSR count). The van der Waals surface area contributed by atoms with Crippen molar-refractivity contribution < 1.29 is 24.5 Å². The summed E-state index contributed by atoms with van der Waals surface area (Å²) in [6, 6.07) is -1.31. The molecule has 102 valence electrons. The summed E-state index contributed by atoms with van der Waals surface area (Å²) < 4.78 is 5.10. The van der Waals surface area contributed by atoms with Gasteiger partial charge in [-0.1, -0.05) is 0 Å². The molecule has 0 aromatic carbocycles. The van der Waals surface area contributed by atoms with E-state index in [9.17, 15) is 14.7 Å². The maximum Gasteiger partial charge on any atom is 0.326 e. The molecule has 2 aliphatic rings. The topological polar surface area (TPSA) is 99.1 Å². The van der Waals surface area contributed by atoms with Crippen LogP contribution in [0.5, 0.6) is 0 Å². The van der Waals surface area contributed by atoms with Gasteiger partial charge in [0.15, 0.2) is 0 Å². The third kappa shape index (κ3) is 2.56. The molecule has 2 amide bonds. The van der Waals surface area contributed by atoms with Crippen molar-refractivity contribution in [2.24, 2.45) is 0 Å². The van der Waals surface area contributed by atoms with Crippen LogP contribution in [0.1, 0.15) is 19.3 Å². The molecule has 0 aromatic rings. The zero-order chi connectivity index (χ0) is 13.3. The number of aliphatic hydroxyl groups excluding tert-OH is 1. The van der Waals surface area contributed by atoms with Crippen molar-refractivity contribution in [3.8, 4) is 0 Å². The van der Waals surface area contributed by atoms with Crippen LogP contribution in [0.2, 0.25) is 0 Å². The van der Waals surface area contributed by atoms with Crippen molar-refractivity contribution in [3.05, 3.63) is 0 Å². The monoisotopic (exact) mass is 258 g/mol. The van der Waals surface area contributed by atoms with Crippen molar-refractivity contribution in [1.82, 2.24) is 10.2 Å². The molecule has 2 fully saturated rings. The number of aliphatic carboxylic acids is 1. The molecular weight excluding hydrogens is 240 g/mol. The summed E-state index contributed by atoms with van der Waals surface area (Å²) in [6.07, 6.45) is 1.00. The Morgan fingerprint density at radius 1 is 1.33 bits per heavy atom. The number of rotatable bonds is 3. The first kappa shape index (κ1) is 13.1. The summed E-state index contributed by atoms with van der Waals surface area (Å²) in [6.45, 7) is 0.0726. The minimum absolute atomic E-state index is 0.0367. The molecule has 0 bridgehead atoms. The maximum absolute atomic E-state index is 11.9. The number of hydrogen-bond acceptors (Lipinski definition) is 4. The Balaban J connectivity index is 1.86. The minimum Gasteiger partial charge on any atom is -0.480 e. The van der Waals surface area contributed by atoms with E-state index in [1.807, 2.05) is 0 Å². The van der Waals surface area contributed by atoms with Crippen LogP contribution < -0.4 is 5.32 Å². The van der Waals surface area contributed by atoms with Gasteiger partial charge in [-0.2, -0.15) is 0 Å². The van der Waals surface area contributed by atoms with Gasteiger partial charge >= 0.3 is 12.0 Å². The summed E-state index contributed by atoms with van der Waals surface area (Å²) in [5.41, 5.74) is 0. The largest absolute Gasteiger partial charge is 0.480 e. The standard InChI is InChI=1S/C11H18N2O5/c1-18-8-2-6(3-8)12-11(17)13-5-7(14)4-9(13)10(15)16/h6-9,14H,2-5H2,1H3,(H,12,17)(H,15,16). The number of carbonyl (C=O) groups is 2. The molecule has 7 nitrogen and oxygen atoms in total. The van der Waals surface area contributed by atoms with Gasteiger partial charge in [0.2, 0.25) is 0 Å². The van der Waals surface area contributed by atoms with Crippen LogP contribution in [-0.2, 0) is 9.53 Å². The fourth-order valence-corrected chi connectivity index (χ4v) is 2.41. The molecule has 2 atom stereocenters. The normalized spacial score (nSPS) is 35.1. The predicted octanol–water partition coefficient (Wildman–Crippen LogP) is -0.607. The highest BCUT2D eigenvalue weighted by Crippen LogP contribution is 2.24. The lowest BCUT2D eigenvalue weighted by Crippen LogP contribution is -2.54. The van der Waals surface area contributed by atoms with Crippen LogP contribution in [0, 0.1) is 0 Å². The second-order valence-electron chi connectivity index (χ2n) is 4.87. The molecule has 1 aliphatic heterocycles. The third-order valence-corrected chi connectivity index (χ3v) is 3.58. The Morgan fingerprint density at radius 3 is 2.56 bits per heavy atom. The summed E-state index contributed by atoms with van der Waals surface area (Å²) in [5.74, 6) is -1.08. The smallest absolute Gasteiger partial charge is 0.326 e. The minimum atomic E-state index is -1.08. The number of hydrogen-bond donors (Lipinski definition) is 3. The van der Waals surface area contributed by atoms with Crippen molar-refractivity contribution in [3.63, 3.8) is 0 Å². The molecular formula is C11H18N2O5. The SMILES string of the molecule is COC1CC(NC(=O)N2CC(O)CC2C(=O)O)C1. The molecule has 1 heterocycles. The Labute approximate surface area is 105 Å². The van der Waals surface area contributed by atoms with E-state index in [4.69, 9.17) is 9.84 Å². The Bertz CT molecular complexity index is 342. The van der Waals surface area contributed by atoms with Crippen molar-refractivity contribution >= 4 is 12.0 Å². The molecule has 2 unspecified atom stereocenters. The predicted molar refractivity (Wildman–Crippen MR) is 61.1 cm³/mol. The van der Waals surface area contributed by atoms with Gasteiger partial charge in [0.1, 0.15) is 6.04 Å². The Kier molecular flexibility index (Phi) is 3.72. The van der Waals surface area contributed by atoms with Gasteiger partial charge in [0.25, 0.3) is 0 Å². The van der Waals surface area contributed by atoms with Gasteiger partial charge in [-0.15, -0.1) is 0 Å². The van der Waals surface area contributed by atoms with Crippen LogP contribution in [0.25, 0.3) is 0 Å². The number of urea groups is 1. The van der Waals surface area contributed by atoms with Crippen LogP contribution in [0.3, 0.4) is 0 Å². The lowest BCUT2D eigenvalue weighted by atomic mass is 9.89. The zero-order valence-electron chi connectivity index (χ0n) is 10.2. The number of amides is 2. The second-order valence-corrected chi connectivity index (χ2v) is 4.87. The fourth-order valence-electron chi connectivity index (χ4n) is 2.41. The first-order valence-electron chi connectivity index (χ1n) is 6.02. The molecule has 1 saturated carbocycles. The molecule has 7 heteroatoms. The molecule has 1 saturated heterocycles. The number of carboxylic acids is 1. The number of carboxylic acid groups (broad SMARTS) is 1. The van der Waals surface area contributed by atoms with Crippen LogP contribution in [0.15, 0.2) is 0 Å². The fraction of sp³-hybridized carbons (Fsp3) is 0.818. The maximum atomic E-state index is 11.9. The number of nitrogens with one attached hydrogen (secondary N) is 1. The lowest BCUT2D eigenvalue weighted by Gasteiger charge is -2.36. The Morgan fingerprint density at radius 2 is 2.00 bits per heavy atom. The number of likely N-dealkylation sites (tertiary alicyclic amines) is 1. The number of β-amino-alcohol motifs (C(OH)–C–C–N with tert-alkyl or cyclic N) is 1. The number of nitrogens with zero attached hydrogens (tertiary/aromatic N) is 1. The van der Waals surface area contributed by atoms with Gasteiger partial charge in [-0.25, -0.2) is 9.59 Å².